The molecule has 2 heterocycles. The van der Waals surface area contributed by atoms with Crippen molar-refractivity contribution in [3.05, 3.63) is 11.2 Å². The molecule has 5 nitrogen and oxygen atoms in total. The molecule has 1 aromatic heterocycles. The quantitative estimate of drug-likeness (QED) is 0.846. The summed E-state index contributed by atoms with van der Waals surface area (Å²) in [5.41, 5.74) is 5.64. The molecule has 0 unspecified atom stereocenters. The number of aromatic nitrogens is 2. The van der Waals surface area contributed by atoms with Crippen LogP contribution in [0.15, 0.2) is 6.07 Å². The molecule has 0 atom stereocenters. The van der Waals surface area contributed by atoms with Crippen LogP contribution in [0.2, 0.25) is 5.15 Å². The van der Waals surface area contributed by atoms with Crippen molar-refractivity contribution >= 4 is 23.4 Å². The van der Waals surface area contributed by atoms with E-state index in [2.05, 4.69) is 26.7 Å². The second kappa shape index (κ2) is 6.20. The van der Waals surface area contributed by atoms with Crippen molar-refractivity contribution in [2.75, 3.05) is 43.4 Å². The van der Waals surface area contributed by atoms with Crippen molar-refractivity contribution in [2.45, 2.75) is 19.8 Å². The molecule has 2 N–H and O–H groups in total. The molecule has 6 heteroatoms. The van der Waals surface area contributed by atoms with Crippen molar-refractivity contribution in [2.24, 2.45) is 0 Å². The molecule has 0 amide bonds. The largest absolute Gasteiger partial charge is 0.368 e. The molecule has 0 bridgehead atoms. The number of halogens is 1. The fourth-order valence-corrected chi connectivity index (χ4v) is 2.51. The third-order valence-electron chi connectivity index (χ3n) is 3.15. The second-order valence-corrected chi connectivity index (χ2v) is 4.98. The highest BCUT2D eigenvalue weighted by Gasteiger charge is 2.16. The molecule has 1 fully saturated rings. The van der Waals surface area contributed by atoms with Gasteiger partial charge in [-0.2, -0.15) is 4.98 Å². The van der Waals surface area contributed by atoms with Gasteiger partial charge in [0.05, 0.1) is 0 Å². The van der Waals surface area contributed by atoms with Crippen molar-refractivity contribution < 1.29 is 0 Å². The first-order valence-electron chi connectivity index (χ1n) is 6.46. The lowest BCUT2D eigenvalue weighted by Gasteiger charge is -2.22. The monoisotopic (exact) mass is 269 g/mol. The molecule has 0 aliphatic carbocycles. The first kappa shape index (κ1) is 13.4. The number of rotatable bonds is 3. The Morgan fingerprint density at radius 2 is 2.11 bits per heavy atom. The van der Waals surface area contributed by atoms with Crippen molar-refractivity contribution in [3.8, 4) is 0 Å². The summed E-state index contributed by atoms with van der Waals surface area (Å²) in [6, 6.07) is 1.79. The van der Waals surface area contributed by atoms with Crippen LogP contribution in [0.4, 0.5) is 11.8 Å². The van der Waals surface area contributed by atoms with Crippen molar-refractivity contribution in [3.63, 3.8) is 0 Å². The maximum atomic E-state index is 5.92. The molecule has 1 aliphatic rings. The summed E-state index contributed by atoms with van der Waals surface area (Å²) in [6.07, 6.45) is 2.34. The van der Waals surface area contributed by atoms with Crippen LogP contribution in [0.25, 0.3) is 0 Å². The number of nitrogens with two attached hydrogens (primary N) is 1. The lowest BCUT2D eigenvalue weighted by Crippen LogP contribution is -2.31. The van der Waals surface area contributed by atoms with Gasteiger partial charge >= 0.3 is 0 Å². The van der Waals surface area contributed by atoms with Gasteiger partial charge in [0.15, 0.2) is 0 Å². The van der Waals surface area contributed by atoms with E-state index in [-0.39, 0.29) is 5.95 Å². The average Bonchev–Trinajstić information content (AvgIpc) is 2.54. The fourth-order valence-electron chi connectivity index (χ4n) is 2.32. The molecule has 1 saturated heterocycles. The van der Waals surface area contributed by atoms with Gasteiger partial charge in [-0.1, -0.05) is 18.5 Å². The summed E-state index contributed by atoms with van der Waals surface area (Å²) in [5.74, 6) is 1.08. The van der Waals surface area contributed by atoms with Crippen molar-refractivity contribution in [1.82, 2.24) is 14.9 Å². The number of hydrogen-bond acceptors (Lipinski definition) is 5. The topological polar surface area (TPSA) is 58.3 Å². The Labute approximate surface area is 113 Å². The zero-order chi connectivity index (χ0) is 13.0. The molecule has 1 aliphatic heterocycles. The molecule has 0 spiro atoms. The van der Waals surface area contributed by atoms with Crippen molar-refractivity contribution in [1.29, 1.82) is 0 Å². The van der Waals surface area contributed by atoms with E-state index in [1.807, 2.05) is 0 Å². The number of nitrogens with zero attached hydrogens (tertiary/aromatic N) is 4. The maximum Gasteiger partial charge on any atom is 0.223 e. The normalized spacial score (nSPS) is 17.8. The van der Waals surface area contributed by atoms with Gasteiger partial charge in [-0.25, -0.2) is 4.98 Å². The van der Waals surface area contributed by atoms with Crippen LogP contribution in [-0.2, 0) is 0 Å². The molecule has 18 heavy (non-hydrogen) atoms. The highest BCUT2D eigenvalue weighted by atomic mass is 35.5. The fraction of sp³-hybridized carbons (Fsp3) is 0.667. The minimum atomic E-state index is 0.243. The van der Waals surface area contributed by atoms with Gasteiger partial charge in [0.1, 0.15) is 11.0 Å². The Morgan fingerprint density at radius 1 is 1.28 bits per heavy atom. The Hall–Kier alpha value is -1.07. The van der Waals surface area contributed by atoms with Gasteiger partial charge in [-0.15, -0.1) is 0 Å². The number of anilines is 2. The van der Waals surface area contributed by atoms with Crippen LogP contribution < -0.4 is 10.6 Å². The molecular weight excluding hydrogens is 250 g/mol. The third-order valence-corrected chi connectivity index (χ3v) is 3.34. The first-order valence-corrected chi connectivity index (χ1v) is 6.84. The van der Waals surface area contributed by atoms with E-state index in [0.29, 0.717) is 5.15 Å². The Balaban J connectivity index is 2.05. The molecule has 0 saturated carbocycles. The SMILES string of the molecule is CCCN1CCCN(c2cc(Cl)nc(N)n2)CC1. The van der Waals surface area contributed by atoms with Gasteiger partial charge in [0.2, 0.25) is 5.95 Å². The van der Waals surface area contributed by atoms with Gasteiger partial charge < -0.3 is 15.5 Å². The third kappa shape index (κ3) is 3.46. The van der Waals surface area contributed by atoms with E-state index in [1.54, 1.807) is 6.07 Å². The van der Waals surface area contributed by atoms with Gasteiger partial charge in [0.25, 0.3) is 0 Å². The summed E-state index contributed by atoms with van der Waals surface area (Å²) in [7, 11) is 0. The summed E-state index contributed by atoms with van der Waals surface area (Å²) < 4.78 is 0. The lowest BCUT2D eigenvalue weighted by molar-refractivity contribution is 0.294. The molecule has 100 valence electrons. The number of hydrogen-bond donors (Lipinski definition) is 1. The maximum absolute atomic E-state index is 5.92. The minimum Gasteiger partial charge on any atom is -0.368 e. The summed E-state index contributed by atoms with van der Waals surface area (Å²) in [6.45, 7) is 7.56. The van der Waals surface area contributed by atoms with Crippen LogP contribution in [0.3, 0.4) is 0 Å². The molecule has 0 aromatic carbocycles. The molecule has 0 radical (unpaired) electrons. The molecule has 2 rings (SSSR count). The summed E-state index contributed by atoms with van der Waals surface area (Å²) in [4.78, 5) is 12.9. The summed E-state index contributed by atoms with van der Waals surface area (Å²) >= 11 is 5.92. The van der Waals surface area contributed by atoms with E-state index in [0.717, 1.165) is 38.4 Å². The van der Waals surface area contributed by atoms with E-state index >= 15 is 0 Å². The zero-order valence-corrected chi connectivity index (χ0v) is 11.5. The van der Waals surface area contributed by atoms with E-state index < -0.39 is 0 Å². The smallest absolute Gasteiger partial charge is 0.223 e. The highest BCUT2D eigenvalue weighted by Crippen LogP contribution is 2.18. The van der Waals surface area contributed by atoms with Crippen LogP contribution in [-0.4, -0.2) is 47.6 Å². The lowest BCUT2D eigenvalue weighted by atomic mass is 10.3. The predicted molar refractivity (Wildman–Crippen MR) is 75.0 cm³/mol. The Kier molecular flexibility index (Phi) is 4.60. The average molecular weight is 270 g/mol. The molecule has 1 aromatic rings. The standard InChI is InChI=1S/C12H20ClN5/c1-2-4-17-5-3-6-18(8-7-17)11-9-10(13)15-12(14)16-11/h9H,2-8H2,1H3,(H2,14,15,16). The Bertz CT molecular complexity index is 378. The Morgan fingerprint density at radius 3 is 2.83 bits per heavy atom. The molecular formula is C12H20ClN5. The highest BCUT2D eigenvalue weighted by molar-refractivity contribution is 6.29. The van der Waals surface area contributed by atoms with Gasteiger partial charge in [0, 0.05) is 25.7 Å². The minimum absolute atomic E-state index is 0.243. The first-order chi connectivity index (χ1) is 8.69. The van der Waals surface area contributed by atoms with Crippen LogP contribution in [0.1, 0.15) is 19.8 Å². The zero-order valence-electron chi connectivity index (χ0n) is 10.8. The number of nitrogen functional groups attached to an aromatic ring is 1. The second-order valence-electron chi connectivity index (χ2n) is 4.59. The van der Waals surface area contributed by atoms with Gasteiger partial charge in [-0.05, 0) is 25.9 Å². The predicted octanol–water partition coefficient (Wildman–Crippen LogP) is 1.63. The van der Waals surface area contributed by atoms with E-state index in [9.17, 15) is 0 Å². The van der Waals surface area contributed by atoms with Crippen LogP contribution >= 0.6 is 11.6 Å². The van der Waals surface area contributed by atoms with Crippen LogP contribution in [0, 0.1) is 0 Å². The van der Waals surface area contributed by atoms with E-state index in [1.165, 1.54) is 13.0 Å². The van der Waals surface area contributed by atoms with E-state index in [4.69, 9.17) is 17.3 Å². The van der Waals surface area contributed by atoms with Crippen LogP contribution in [0.5, 0.6) is 0 Å². The summed E-state index contributed by atoms with van der Waals surface area (Å²) in [5, 5.41) is 0.409. The van der Waals surface area contributed by atoms with Gasteiger partial charge in [-0.3, -0.25) is 0 Å².